The number of aromatic nitrogens is 1. The first kappa shape index (κ1) is 24.8. The quantitative estimate of drug-likeness (QED) is 0.397. The van der Waals surface area contributed by atoms with E-state index in [0.717, 1.165) is 16.9 Å². The van der Waals surface area contributed by atoms with Gasteiger partial charge < -0.3 is 20.1 Å². The van der Waals surface area contributed by atoms with Gasteiger partial charge in [0.05, 0.1) is 17.9 Å². The fourth-order valence-corrected chi connectivity index (χ4v) is 4.62. The third-order valence-electron chi connectivity index (χ3n) is 5.84. The van der Waals surface area contributed by atoms with Crippen molar-refractivity contribution in [1.82, 2.24) is 4.98 Å². The Morgan fingerprint density at radius 1 is 1.31 bits per heavy atom. The third-order valence-corrected chi connectivity index (χ3v) is 6.48. The van der Waals surface area contributed by atoms with Crippen LogP contribution < -0.4 is 10.6 Å². The summed E-state index contributed by atoms with van der Waals surface area (Å²) < 4.78 is 25.0. The maximum atomic E-state index is 13.6. The number of fused-ring (bicyclic) bond motifs is 1. The molecule has 1 aromatic heterocycles. The summed E-state index contributed by atoms with van der Waals surface area (Å²) in [6.07, 6.45) is 6.16. The van der Waals surface area contributed by atoms with Crippen molar-refractivity contribution in [3.63, 3.8) is 0 Å². The number of hydrogen-bond donors (Lipinski definition) is 2. The van der Waals surface area contributed by atoms with Crippen molar-refractivity contribution < 1.29 is 23.5 Å². The average Bonchev–Trinajstić information content (AvgIpc) is 3.31. The Hall–Kier alpha value is -3.33. The number of amides is 1. The highest BCUT2D eigenvalue weighted by Crippen LogP contribution is 2.44. The molecule has 2 aliphatic rings. The Morgan fingerprint density at radius 2 is 2.11 bits per heavy atom. The van der Waals surface area contributed by atoms with Gasteiger partial charge >= 0.3 is 5.97 Å². The summed E-state index contributed by atoms with van der Waals surface area (Å²) in [5.41, 5.74) is 2.37. The molecule has 2 aromatic rings. The highest BCUT2D eigenvalue weighted by molar-refractivity contribution is 7.98. The molecule has 3 heterocycles. The number of rotatable bonds is 8. The molecule has 1 amide bonds. The van der Waals surface area contributed by atoms with E-state index in [0.29, 0.717) is 41.4 Å². The van der Waals surface area contributed by atoms with Gasteiger partial charge in [0.25, 0.3) is 5.91 Å². The van der Waals surface area contributed by atoms with Crippen LogP contribution >= 0.6 is 11.8 Å². The number of nitrogens with zero attached hydrogens (tertiary/aromatic N) is 1. The number of anilines is 2. The molecule has 0 fully saturated rings. The van der Waals surface area contributed by atoms with Gasteiger partial charge in [0.1, 0.15) is 29.0 Å². The van der Waals surface area contributed by atoms with E-state index in [-0.39, 0.29) is 11.9 Å². The second-order valence-electron chi connectivity index (χ2n) is 8.72. The Labute approximate surface area is 208 Å². The summed E-state index contributed by atoms with van der Waals surface area (Å²) in [6.45, 7) is 5.93. The zero-order chi connectivity index (χ0) is 25.2. The SMILES string of the molecule is CCOC(=O)[C@H](CCSC)Nc1ccc(C2=C/C(=C3\C(=O)Nc4cc(F)ccc43)OC2(C)C)cn1. The van der Waals surface area contributed by atoms with Crippen molar-refractivity contribution in [2.24, 2.45) is 0 Å². The number of pyridine rings is 1. The van der Waals surface area contributed by atoms with Gasteiger partial charge in [-0.25, -0.2) is 14.2 Å². The van der Waals surface area contributed by atoms with Gasteiger partial charge in [0.15, 0.2) is 0 Å². The predicted octanol–water partition coefficient (Wildman–Crippen LogP) is 4.87. The predicted molar refractivity (Wildman–Crippen MR) is 136 cm³/mol. The van der Waals surface area contributed by atoms with Gasteiger partial charge in [0.2, 0.25) is 0 Å². The standard InChI is InChI=1S/C26H28FN3O4S/c1-5-33-25(32)19(10-11-35-4)29-22-9-6-15(14-28-22)18-13-21(34-26(18,2)3)23-17-8-7-16(27)12-20(17)30-24(23)31/h6-9,12-14,19H,5,10-11H2,1-4H3,(H,28,29)(H,30,31)/b23-21+/t19-/m0/s1. The van der Waals surface area contributed by atoms with Gasteiger partial charge in [0, 0.05) is 22.9 Å². The molecule has 0 saturated heterocycles. The van der Waals surface area contributed by atoms with E-state index in [2.05, 4.69) is 15.6 Å². The smallest absolute Gasteiger partial charge is 0.328 e. The van der Waals surface area contributed by atoms with E-state index < -0.39 is 17.5 Å². The minimum Gasteiger partial charge on any atom is -0.482 e. The second kappa shape index (κ2) is 10.1. The molecule has 35 heavy (non-hydrogen) atoms. The van der Waals surface area contributed by atoms with Crippen molar-refractivity contribution in [1.29, 1.82) is 0 Å². The van der Waals surface area contributed by atoms with E-state index in [4.69, 9.17) is 9.47 Å². The zero-order valence-electron chi connectivity index (χ0n) is 20.1. The number of thioether (sulfide) groups is 1. The van der Waals surface area contributed by atoms with E-state index >= 15 is 0 Å². The Kier molecular flexibility index (Phi) is 7.16. The molecule has 1 aromatic carbocycles. The Bertz CT molecular complexity index is 1210. The van der Waals surface area contributed by atoms with E-state index in [9.17, 15) is 14.0 Å². The molecule has 184 valence electrons. The Balaban J connectivity index is 1.60. The van der Waals surface area contributed by atoms with Crippen LogP contribution in [0, 0.1) is 5.82 Å². The molecule has 0 aliphatic carbocycles. The van der Waals surface area contributed by atoms with Crippen LogP contribution in [0.5, 0.6) is 0 Å². The summed E-state index contributed by atoms with van der Waals surface area (Å²) in [5.74, 6) is 0.754. The molecular weight excluding hydrogens is 469 g/mol. The molecule has 1 atom stereocenters. The molecule has 0 saturated carbocycles. The van der Waals surface area contributed by atoms with Crippen molar-refractivity contribution in [2.75, 3.05) is 29.2 Å². The maximum Gasteiger partial charge on any atom is 0.328 e. The van der Waals surface area contributed by atoms with Crippen LogP contribution in [0.4, 0.5) is 15.9 Å². The van der Waals surface area contributed by atoms with Crippen LogP contribution in [0.1, 0.15) is 38.3 Å². The normalized spacial score (nSPS) is 18.9. The van der Waals surface area contributed by atoms with Crippen LogP contribution in [0.25, 0.3) is 11.1 Å². The van der Waals surface area contributed by atoms with Crippen molar-refractivity contribution in [2.45, 2.75) is 38.8 Å². The molecule has 4 rings (SSSR count). The zero-order valence-corrected chi connectivity index (χ0v) is 20.9. The fourth-order valence-electron chi connectivity index (χ4n) is 4.15. The Morgan fingerprint density at radius 3 is 2.80 bits per heavy atom. The lowest BCUT2D eigenvalue weighted by atomic mass is 9.93. The molecule has 2 N–H and O–H groups in total. The molecule has 7 nitrogen and oxygen atoms in total. The number of hydrogen-bond acceptors (Lipinski definition) is 7. The van der Waals surface area contributed by atoms with Gasteiger partial charge in [-0.05, 0) is 75.6 Å². The lowest BCUT2D eigenvalue weighted by Gasteiger charge is -2.23. The largest absolute Gasteiger partial charge is 0.482 e. The number of carbonyl (C=O) groups is 2. The van der Waals surface area contributed by atoms with Crippen LogP contribution in [-0.2, 0) is 19.1 Å². The van der Waals surface area contributed by atoms with Crippen molar-refractivity contribution in [3.8, 4) is 0 Å². The highest BCUT2D eigenvalue weighted by Gasteiger charge is 2.38. The van der Waals surface area contributed by atoms with Crippen LogP contribution in [0.3, 0.4) is 0 Å². The summed E-state index contributed by atoms with van der Waals surface area (Å²) in [7, 11) is 0. The number of halogens is 1. The monoisotopic (exact) mass is 497 g/mol. The van der Waals surface area contributed by atoms with E-state index in [1.807, 2.05) is 38.3 Å². The number of benzene rings is 1. The molecule has 0 unspecified atom stereocenters. The molecule has 0 radical (unpaired) electrons. The van der Waals surface area contributed by atoms with E-state index in [1.54, 1.807) is 30.9 Å². The van der Waals surface area contributed by atoms with Crippen LogP contribution in [-0.4, -0.2) is 47.1 Å². The lowest BCUT2D eigenvalue weighted by molar-refractivity contribution is -0.144. The highest BCUT2D eigenvalue weighted by atomic mass is 32.2. The molecule has 2 aliphatic heterocycles. The topological polar surface area (TPSA) is 89.5 Å². The van der Waals surface area contributed by atoms with Crippen LogP contribution in [0.2, 0.25) is 0 Å². The third kappa shape index (κ3) is 5.19. The van der Waals surface area contributed by atoms with Crippen molar-refractivity contribution >= 4 is 46.3 Å². The molecule has 0 bridgehead atoms. The van der Waals surface area contributed by atoms with Gasteiger partial charge in [-0.1, -0.05) is 0 Å². The minimum absolute atomic E-state index is 0.299. The van der Waals surface area contributed by atoms with Crippen LogP contribution in [0.15, 0.2) is 48.4 Å². The molecular formula is C26H28FN3O4S. The maximum absolute atomic E-state index is 13.6. The van der Waals surface area contributed by atoms with Crippen molar-refractivity contribution in [3.05, 3.63) is 65.3 Å². The number of ether oxygens (including phenoxy) is 2. The summed E-state index contributed by atoms with van der Waals surface area (Å²) in [5, 5.41) is 5.87. The van der Waals surface area contributed by atoms with Gasteiger partial charge in [-0.2, -0.15) is 11.8 Å². The van der Waals surface area contributed by atoms with Gasteiger partial charge in [-0.15, -0.1) is 0 Å². The minimum atomic E-state index is -0.714. The van der Waals surface area contributed by atoms with Gasteiger partial charge in [-0.3, -0.25) is 4.79 Å². The lowest BCUT2D eigenvalue weighted by Crippen LogP contribution is -2.32. The number of nitrogens with one attached hydrogen (secondary N) is 2. The van der Waals surface area contributed by atoms with E-state index in [1.165, 1.54) is 12.1 Å². The molecule has 9 heteroatoms. The molecule has 0 spiro atoms. The number of allylic oxidation sites excluding steroid dienone is 1. The average molecular weight is 498 g/mol. The second-order valence-corrected chi connectivity index (χ2v) is 9.70. The number of esters is 1. The summed E-state index contributed by atoms with van der Waals surface area (Å²) >= 11 is 1.66. The first-order valence-electron chi connectivity index (χ1n) is 11.4. The summed E-state index contributed by atoms with van der Waals surface area (Å²) in [6, 6.07) is 7.42. The fraction of sp³-hybridized carbons (Fsp3) is 0.346. The first-order valence-corrected chi connectivity index (χ1v) is 12.8. The summed E-state index contributed by atoms with van der Waals surface area (Å²) in [4.78, 5) is 29.5. The first-order chi connectivity index (χ1) is 16.7. The number of carbonyl (C=O) groups excluding carboxylic acids is 2.